The second-order valence-corrected chi connectivity index (χ2v) is 3.88. The molecule has 96 valence electrons. The van der Waals surface area contributed by atoms with Crippen molar-refractivity contribution in [1.82, 2.24) is 0 Å². The van der Waals surface area contributed by atoms with Crippen LogP contribution in [0.1, 0.15) is 6.92 Å². The summed E-state index contributed by atoms with van der Waals surface area (Å²) in [5, 5.41) is 18.8. The van der Waals surface area contributed by atoms with E-state index in [0.29, 0.717) is 0 Å². The van der Waals surface area contributed by atoms with Crippen LogP contribution in [0.4, 0.5) is 0 Å². The maximum absolute atomic E-state index is 10.2. The van der Waals surface area contributed by atoms with Crippen LogP contribution in [0.5, 0.6) is 0 Å². The fourth-order valence-corrected chi connectivity index (χ4v) is 1.69. The number of hydrogen-bond acceptors (Lipinski definition) is 8. The van der Waals surface area contributed by atoms with Crippen LogP contribution in [0, 0.1) is 0 Å². The summed E-state index contributed by atoms with van der Waals surface area (Å²) in [6, 6.07) is 0. The van der Waals surface area contributed by atoms with Crippen molar-refractivity contribution in [3.63, 3.8) is 0 Å². The smallest absolute Gasteiger partial charge is 0.283 e. The van der Waals surface area contributed by atoms with Gasteiger partial charge in [-0.3, -0.25) is 0 Å². The Hall–Kier alpha value is -0.290. The van der Waals surface area contributed by atoms with Gasteiger partial charge in [0.15, 0.2) is 12.4 Å². The molecule has 0 aromatic carbocycles. The van der Waals surface area contributed by atoms with Crippen molar-refractivity contribution >= 4 is 11.0 Å². The van der Waals surface area contributed by atoms with Crippen molar-refractivity contribution in [3.8, 4) is 0 Å². The van der Waals surface area contributed by atoms with Crippen LogP contribution in [-0.4, -0.2) is 56.4 Å². The summed E-state index contributed by atoms with van der Waals surface area (Å²) < 4.78 is 34.2. The van der Waals surface area contributed by atoms with E-state index in [9.17, 15) is 18.6 Å². The van der Waals surface area contributed by atoms with Gasteiger partial charge in [-0.05, 0) is 6.92 Å². The van der Waals surface area contributed by atoms with Crippen molar-refractivity contribution < 1.29 is 37.3 Å². The molecule has 0 bridgehead atoms. The lowest BCUT2D eigenvalue weighted by Crippen LogP contribution is -2.58. The summed E-state index contributed by atoms with van der Waals surface area (Å²) in [6.45, 7) is 1.58. The predicted molar refractivity (Wildman–Crippen MR) is 49.6 cm³/mol. The third-order valence-electron chi connectivity index (χ3n) is 2.26. The number of aliphatic hydroxyl groups excluding tert-OH is 2. The fourth-order valence-electron chi connectivity index (χ4n) is 1.52. The summed E-state index contributed by atoms with van der Waals surface area (Å²) >= 11 is 0. The lowest BCUT2D eigenvalue weighted by atomic mass is 10.00. The molecule has 0 aliphatic carbocycles. The number of ether oxygens (including phenoxy) is 2. The monoisotopic (exact) mass is 258 g/mol. The van der Waals surface area contributed by atoms with E-state index in [4.69, 9.17) is 9.47 Å². The molecule has 2 N–H and O–H groups in total. The van der Waals surface area contributed by atoms with Crippen LogP contribution in [0.2, 0.25) is 0 Å². The van der Waals surface area contributed by atoms with Gasteiger partial charge in [0.1, 0.15) is 12.2 Å². The molecule has 1 heterocycles. The highest BCUT2D eigenvalue weighted by atomic mass is 32.2. The van der Waals surface area contributed by atoms with E-state index in [0.717, 1.165) is 0 Å². The van der Waals surface area contributed by atoms with E-state index < -0.39 is 41.7 Å². The van der Waals surface area contributed by atoms with Crippen LogP contribution >= 0.6 is 0 Å². The second kappa shape index (κ2) is 5.87. The van der Waals surface area contributed by atoms with E-state index in [1.165, 1.54) is 7.11 Å². The van der Waals surface area contributed by atoms with Gasteiger partial charge in [0.05, 0.1) is 6.10 Å². The molecule has 16 heavy (non-hydrogen) atoms. The van der Waals surface area contributed by atoms with Gasteiger partial charge >= 0.3 is 0 Å². The summed E-state index contributed by atoms with van der Waals surface area (Å²) in [7, 11) is -1.87. The summed E-state index contributed by atoms with van der Waals surface area (Å²) in [4.78, 5) is 4.49. The van der Waals surface area contributed by atoms with Crippen LogP contribution in [0.3, 0.4) is 0 Å². The van der Waals surface area contributed by atoms with Gasteiger partial charge in [0.2, 0.25) is 0 Å². The highest BCUT2D eigenvalue weighted by Gasteiger charge is 2.45. The predicted octanol–water partition coefficient (Wildman–Crippen LogP) is -2.06. The molecule has 0 radical (unpaired) electrons. The normalized spacial score (nSPS) is 40.2. The Labute approximate surface area is 93.8 Å². The van der Waals surface area contributed by atoms with Gasteiger partial charge in [-0.1, -0.05) is 0 Å². The van der Waals surface area contributed by atoms with Crippen molar-refractivity contribution in [1.29, 1.82) is 0 Å². The molecule has 1 rings (SSSR count). The molecule has 5 unspecified atom stereocenters. The highest BCUT2D eigenvalue weighted by Crippen LogP contribution is 2.24. The lowest BCUT2D eigenvalue weighted by molar-refractivity contribution is -0.351. The second-order valence-electron chi connectivity index (χ2n) is 3.28. The van der Waals surface area contributed by atoms with Crippen molar-refractivity contribution in [3.05, 3.63) is 0 Å². The molecule has 5 atom stereocenters. The molecular formula is C7H14O8S. The molecule has 8 nitrogen and oxygen atoms in total. The molecular weight excluding hydrogens is 244 g/mol. The van der Waals surface area contributed by atoms with E-state index in [-0.39, 0.29) is 0 Å². The van der Waals surface area contributed by atoms with Gasteiger partial charge in [0.25, 0.3) is 11.0 Å². The third-order valence-corrected chi connectivity index (χ3v) is 2.46. The largest absolute Gasteiger partial charge is 0.385 e. The summed E-state index contributed by atoms with van der Waals surface area (Å²) in [6.07, 6.45) is -5.44. The van der Waals surface area contributed by atoms with Crippen LogP contribution in [0.15, 0.2) is 0 Å². The number of rotatable bonds is 4. The van der Waals surface area contributed by atoms with Gasteiger partial charge < -0.3 is 19.7 Å². The summed E-state index contributed by atoms with van der Waals surface area (Å²) in [5.74, 6) is 0. The van der Waals surface area contributed by atoms with Gasteiger partial charge in [-0.25, -0.2) is 13.3 Å². The molecule has 1 aliphatic heterocycles. The molecule has 0 aromatic heterocycles. The summed E-state index contributed by atoms with van der Waals surface area (Å²) in [5.41, 5.74) is 0. The first-order chi connectivity index (χ1) is 7.47. The van der Waals surface area contributed by atoms with Crippen molar-refractivity contribution in [2.75, 3.05) is 7.11 Å². The Bertz CT molecular complexity index is 284. The fraction of sp³-hybridized carbons (Fsp3) is 1.00. The van der Waals surface area contributed by atoms with E-state index in [2.05, 4.69) is 9.22 Å². The number of methoxy groups -OCH3 is 1. The number of hydrogen-bond donors (Lipinski definition) is 3. The minimum atomic E-state index is -3.21. The number of thiol groups is 1. The zero-order chi connectivity index (χ0) is 12.3. The Kier molecular flexibility index (Phi) is 5.05. The van der Waals surface area contributed by atoms with Crippen molar-refractivity contribution in [2.45, 2.75) is 37.6 Å². The van der Waals surface area contributed by atoms with Gasteiger partial charge in [-0.2, -0.15) is 0 Å². The Morgan fingerprint density at radius 1 is 1.25 bits per heavy atom. The van der Waals surface area contributed by atoms with Crippen LogP contribution in [-0.2, 0) is 29.7 Å². The number of aliphatic hydroxyl groups is 2. The Balaban J connectivity index is 2.72. The standard InChI is InChI=1S/C7H14O8S/c1-3-5(12-2)6(14-15-16(10)11)4(8)7(9)13-3/h3-9,16H,1-2H3. The van der Waals surface area contributed by atoms with Gasteiger partial charge in [0, 0.05) is 7.11 Å². The Morgan fingerprint density at radius 2 is 1.88 bits per heavy atom. The average molecular weight is 258 g/mol. The average Bonchev–Trinajstić information content (AvgIpc) is 2.20. The first-order valence-electron chi connectivity index (χ1n) is 4.49. The maximum atomic E-state index is 10.2. The maximum Gasteiger partial charge on any atom is 0.283 e. The molecule has 0 saturated carbocycles. The Morgan fingerprint density at radius 3 is 2.38 bits per heavy atom. The molecule has 1 saturated heterocycles. The molecule has 0 spiro atoms. The third kappa shape index (κ3) is 3.10. The first kappa shape index (κ1) is 13.8. The zero-order valence-electron chi connectivity index (χ0n) is 8.68. The highest BCUT2D eigenvalue weighted by molar-refractivity contribution is 7.67. The molecule has 1 fully saturated rings. The minimum absolute atomic E-state index is 0.582. The van der Waals surface area contributed by atoms with Gasteiger partial charge in [-0.15, -0.1) is 4.33 Å². The molecule has 1 aliphatic rings. The lowest BCUT2D eigenvalue weighted by Gasteiger charge is -2.39. The van der Waals surface area contributed by atoms with Crippen LogP contribution < -0.4 is 0 Å². The SMILES string of the molecule is COC1C(C)OC(O)C(O)C1OO[SH](=O)=O. The molecule has 0 amide bonds. The molecule has 0 aromatic rings. The quantitative estimate of drug-likeness (QED) is 0.300. The van der Waals surface area contributed by atoms with Crippen LogP contribution in [0.25, 0.3) is 0 Å². The van der Waals surface area contributed by atoms with E-state index in [1.54, 1.807) is 6.92 Å². The minimum Gasteiger partial charge on any atom is -0.385 e. The molecule has 9 heteroatoms. The zero-order valence-corrected chi connectivity index (χ0v) is 9.57. The first-order valence-corrected chi connectivity index (χ1v) is 5.59. The topological polar surface area (TPSA) is 112 Å². The van der Waals surface area contributed by atoms with Crippen molar-refractivity contribution in [2.24, 2.45) is 0 Å². The van der Waals surface area contributed by atoms with E-state index >= 15 is 0 Å². The van der Waals surface area contributed by atoms with E-state index in [1.807, 2.05) is 0 Å².